The lowest BCUT2D eigenvalue weighted by molar-refractivity contribution is 0.0216. The van der Waals surface area contributed by atoms with E-state index in [4.69, 9.17) is 4.74 Å². The smallest absolute Gasteiger partial charge is 0.0462 e. The minimum atomic E-state index is 0.356. The highest BCUT2D eigenvalue weighted by molar-refractivity contribution is 5.03. The zero-order chi connectivity index (χ0) is 14.6. The van der Waals surface area contributed by atoms with E-state index < -0.39 is 0 Å². The van der Waals surface area contributed by atoms with Gasteiger partial charge in [-0.25, -0.2) is 0 Å². The largest absolute Gasteiger partial charge is 0.385 e. The van der Waals surface area contributed by atoms with E-state index in [0.29, 0.717) is 17.0 Å². The summed E-state index contributed by atoms with van der Waals surface area (Å²) in [5.74, 6) is 0. The van der Waals surface area contributed by atoms with Gasteiger partial charge in [-0.1, -0.05) is 33.6 Å². The first-order chi connectivity index (χ1) is 9.47. The zero-order valence-corrected chi connectivity index (χ0v) is 14.0. The second-order valence-corrected chi connectivity index (χ2v) is 7.92. The van der Waals surface area contributed by atoms with Gasteiger partial charge in [0.1, 0.15) is 0 Å². The van der Waals surface area contributed by atoms with E-state index in [-0.39, 0.29) is 0 Å². The number of nitrogens with zero attached hydrogens (tertiary/aromatic N) is 1. The molecule has 1 saturated heterocycles. The zero-order valence-electron chi connectivity index (χ0n) is 14.0. The molecule has 1 heterocycles. The Balaban J connectivity index is 1.95. The Morgan fingerprint density at radius 2 is 1.90 bits per heavy atom. The second kappa shape index (κ2) is 6.76. The Hall–Kier alpha value is -0.120. The highest BCUT2D eigenvalue weighted by Crippen LogP contribution is 2.36. The van der Waals surface area contributed by atoms with E-state index in [0.717, 1.165) is 13.2 Å². The normalized spacial score (nSPS) is 27.3. The molecule has 3 nitrogen and oxygen atoms in total. The Morgan fingerprint density at radius 3 is 2.50 bits per heavy atom. The Bertz CT molecular complexity index is 292. The molecule has 2 fully saturated rings. The van der Waals surface area contributed by atoms with Gasteiger partial charge in [0.05, 0.1) is 0 Å². The number of rotatable bonds is 5. The average molecular weight is 282 g/mol. The number of hydrogen-bond acceptors (Lipinski definition) is 3. The van der Waals surface area contributed by atoms with Crippen molar-refractivity contribution >= 4 is 0 Å². The lowest BCUT2D eigenvalue weighted by Gasteiger charge is -2.51. The summed E-state index contributed by atoms with van der Waals surface area (Å²) < 4.78 is 5.19. The van der Waals surface area contributed by atoms with Crippen molar-refractivity contribution in [2.45, 2.75) is 70.9 Å². The first kappa shape index (κ1) is 16.3. The summed E-state index contributed by atoms with van der Waals surface area (Å²) in [6.45, 7) is 11.7. The molecule has 118 valence electrons. The fourth-order valence-corrected chi connectivity index (χ4v) is 4.03. The lowest BCUT2D eigenvalue weighted by atomic mass is 9.81. The van der Waals surface area contributed by atoms with Gasteiger partial charge in [-0.15, -0.1) is 0 Å². The van der Waals surface area contributed by atoms with Gasteiger partial charge in [0.25, 0.3) is 0 Å². The molecule has 1 aliphatic heterocycles. The van der Waals surface area contributed by atoms with Gasteiger partial charge in [-0.05, 0) is 37.6 Å². The van der Waals surface area contributed by atoms with Gasteiger partial charge in [-0.3, -0.25) is 4.90 Å². The molecule has 0 bridgehead atoms. The summed E-state index contributed by atoms with van der Waals surface area (Å²) >= 11 is 0. The highest BCUT2D eigenvalue weighted by Gasteiger charge is 2.43. The molecule has 0 aromatic carbocycles. The molecular formula is C17H34N2O. The molecule has 0 radical (unpaired) electrons. The Kier molecular flexibility index (Phi) is 5.49. The molecule has 2 aliphatic rings. The van der Waals surface area contributed by atoms with E-state index >= 15 is 0 Å². The summed E-state index contributed by atoms with van der Waals surface area (Å²) in [5.41, 5.74) is 0.789. The van der Waals surface area contributed by atoms with E-state index in [1.165, 1.54) is 51.6 Å². The van der Waals surface area contributed by atoms with Gasteiger partial charge in [0, 0.05) is 38.4 Å². The number of hydrogen-bond donors (Lipinski definition) is 1. The van der Waals surface area contributed by atoms with Gasteiger partial charge in [0.2, 0.25) is 0 Å². The van der Waals surface area contributed by atoms with Crippen LogP contribution in [0.15, 0.2) is 0 Å². The molecule has 0 aromatic rings. The van der Waals surface area contributed by atoms with Crippen LogP contribution in [-0.4, -0.2) is 49.8 Å². The summed E-state index contributed by atoms with van der Waals surface area (Å²) in [6, 6.07) is 0.663. The second-order valence-electron chi connectivity index (χ2n) is 7.92. The van der Waals surface area contributed by atoms with Crippen molar-refractivity contribution in [3.05, 3.63) is 0 Å². The van der Waals surface area contributed by atoms with E-state index in [9.17, 15) is 0 Å². The van der Waals surface area contributed by atoms with E-state index in [1.807, 2.05) is 0 Å². The molecule has 3 heteroatoms. The van der Waals surface area contributed by atoms with E-state index in [1.54, 1.807) is 7.11 Å². The minimum Gasteiger partial charge on any atom is -0.385 e. The van der Waals surface area contributed by atoms with Crippen LogP contribution >= 0.6 is 0 Å². The molecule has 20 heavy (non-hydrogen) atoms. The first-order valence-electron chi connectivity index (χ1n) is 8.45. The molecule has 1 aliphatic carbocycles. The van der Waals surface area contributed by atoms with Crippen molar-refractivity contribution < 1.29 is 4.74 Å². The molecule has 0 aromatic heterocycles. The van der Waals surface area contributed by atoms with Crippen LogP contribution < -0.4 is 5.32 Å². The van der Waals surface area contributed by atoms with Crippen molar-refractivity contribution in [3.8, 4) is 0 Å². The number of nitrogens with one attached hydrogen (secondary N) is 1. The number of piperazine rings is 1. The quantitative estimate of drug-likeness (QED) is 0.784. The third-order valence-electron chi connectivity index (χ3n) is 5.22. The monoisotopic (exact) mass is 282 g/mol. The van der Waals surface area contributed by atoms with Crippen LogP contribution in [0.1, 0.15) is 59.3 Å². The summed E-state index contributed by atoms with van der Waals surface area (Å²) in [5, 5.41) is 3.92. The number of ether oxygens (including phenoxy) is 1. The SMILES string of the molecule is COCCCCN1CC2(CCCC2)NCC1C(C)(C)C. The predicted molar refractivity (Wildman–Crippen MR) is 85.1 cm³/mol. The number of unbranched alkanes of at least 4 members (excludes halogenated alkanes) is 1. The summed E-state index contributed by atoms with van der Waals surface area (Å²) in [7, 11) is 1.80. The topological polar surface area (TPSA) is 24.5 Å². The summed E-state index contributed by atoms with van der Waals surface area (Å²) in [6.07, 6.45) is 8.01. The third-order valence-corrected chi connectivity index (χ3v) is 5.22. The van der Waals surface area contributed by atoms with Crippen molar-refractivity contribution in [1.82, 2.24) is 10.2 Å². The fourth-order valence-electron chi connectivity index (χ4n) is 4.03. The molecule has 1 unspecified atom stereocenters. The van der Waals surface area contributed by atoms with Gasteiger partial charge < -0.3 is 10.1 Å². The molecule has 2 rings (SSSR count). The molecule has 1 atom stereocenters. The standard InChI is InChI=1S/C17H34N2O/c1-16(2,3)15-13-18-17(9-5-6-10-17)14-19(15)11-7-8-12-20-4/h15,18H,5-14H2,1-4H3. The van der Waals surface area contributed by atoms with Crippen molar-refractivity contribution in [3.63, 3.8) is 0 Å². The maximum atomic E-state index is 5.19. The summed E-state index contributed by atoms with van der Waals surface area (Å²) in [4.78, 5) is 2.78. The maximum Gasteiger partial charge on any atom is 0.0462 e. The highest BCUT2D eigenvalue weighted by atomic mass is 16.5. The maximum absolute atomic E-state index is 5.19. The van der Waals surface area contributed by atoms with E-state index in [2.05, 4.69) is 31.0 Å². The molecule has 1 spiro atoms. The van der Waals surface area contributed by atoms with Crippen LogP contribution in [0, 0.1) is 5.41 Å². The van der Waals surface area contributed by atoms with Crippen molar-refractivity contribution in [2.75, 3.05) is 33.4 Å². The van der Waals surface area contributed by atoms with Crippen molar-refractivity contribution in [1.29, 1.82) is 0 Å². The van der Waals surface area contributed by atoms with Crippen molar-refractivity contribution in [2.24, 2.45) is 5.41 Å². The average Bonchev–Trinajstić information content (AvgIpc) is 2.81. The van der Waals surface area contributed by atoms with Gasteiger partial charge >= 0.3 is 0 Å². The molecule has 1 saturated carbocycles. The van der Waals surface area contributed by atoms with Crippen LogP contribution in [0.5, 0.6) is 0 Å². The third kappa shape index (κ3) is 3.96. The Morgan fingerprint density at radius 1 is 1.20 bits per heavy atom. The molecular weight excluding hydrogens is 248 g/mol. The number of methoxy groups -OCH3 is 1. The van der Waals surface area contributed by atoms with Crippen LogP contribution in [0.3, 0.4) is 0 Å². The molecule has 1 N–H and O–H groups in total. The van der Waals surface area contributed by atoms with Gasteiger partial charge in [-0.2, -0.15) is 0 Å². The fraction of sp³-hybridized carbons (Fsp3) is 1.00. The first-order valence-corrected chi connectivity index (χ1v) is 8.45. The lowest BCUT2D eigenvalue weighted by Crippen LogP contribution is -2.66. The van der Waals surface area contributed by atoms with Crippen LogP contribution in [0.4, 0.5) is 0 Å². The van der Waals surface area contributed by atoms with Crippen LogP contribution in [0.25, 0.3) is 0 Å². The predicted octanol–water partition coefficient (Wildman–Crippen LogP) is 3.05. The van der Waals surface area contributed by atoms with Gasteiger partial charge in [0.15, 0.2) is 0 Å². The minimum absolute atomic E-state index is 0.356. The molecule has 0 amide bonds. The van der Waals surface area contributed by atoms with Crippen LogP contribution in [-0.2, 0) is 4.74 Å². The Labute approximate surface area is 125 Å². The van der Waals surface area contributed by atoms with Crippen LogP contribution in [0.2, 0.25) is 0 Å².